The lowest BCUT2D eigenvalue weighted by atomic mass is 9.83. The van der Waals surface area contributed by atoms with Crippen molar-refractivity contribution in [1.82, 2.24) is 4.98 Å². The molecular weight excluding hydrogens is 248 g/mol. The molecule has 3 nitrogen and oxygen atoms in total. The molecule has 0 spiro atoms. The Morgan fingerprint density at radius 3 is 2.75 bits per heavy atom. The minimum absolute atomic E-state index is 0.486. The lowest BCUT2D eigenvalue weighted by Crippen LogP contribution is -2.20. The number of ether oxygens (including phenoxy) is 1. The molecule has 0 radical (unpaired) electrons. The molecule has 1 aromatic carbocycles. The normalized spacial score (nSPS) is 17.8. The van der Waals surface area contributed by atoms with Crippen molar-refractivity contribution in [1.29, 1.82) is 0 Å². The molecule has 1 unspecified atom stereocenters. The van der Waals surface area contributed by atoms with Crippen LogP contribution in [-0.4, -0.2) is 18.6 Å². The number of methoxy groups -OCH3 is 1. The highest BCUT2D eigenvalue weighted by Gasteiger charge is 2.28. The third-order valence-electron chi connectivity index (χ3n) is 4.84. The molecule has 1 heterocycles. The maximum Gasteiger partial charge on any atom is 0.120 e. The Balaban J connectivity index is 2.06. The first-order valence-corrected chi connectivity index (χ1v) is 7.61. The van der Waals surface area contributed by atoms with Gasteiger partial charge in [0.1, 0.15) is 5.75 Å². The number of nitrogens with one attached hydrogen (secondary N) is 1. The van der Waals surface area contributed by atoms with Gasteiger partial charge < -0.3 is 15.5 Å². The van der Waals surface area contributed by atoms with Gasteiger partial charge in [0.15, 0.2) is 0 Å². The van der Waals surface area contributed by atoms with Crippen molar-refractivity contribution < 1.29 is 4.74 Å². The van der Waals surface area contributed by atoms with Crippen molar-refractivity contribution in [2.45, 2.75) is 38.5 Å². The van der Waals surface area contributed by atoms with Crippen LogP contribution in [0.1, 0.15) is 42.9 Å². The van der Waals surface area contributed by atoms with Crippen LogP contribution in [0.2, 0.25) is 0 Å². The summed E-state index contributed by atoms with van der Waals surface area (Å²) in [5.74, 6) is 2.13. The van der Waals surface area contributed by atoms with E-state index in [1.807, 2.05) is 6.07 Å². The topological polar surface area (TPSA) is 51.0 Å². The summed E-state index contributed by atoms with van der Waals surface area (Å²) in [5.41, 5.74) is 9.97. The second-order valence-electron chi connectivity index (χ2n) is 5.96. The predicted octanol–water partition coefficient (Wildman–Crippen LogP) is 3.72. The number of hydrogen-bond donors (Lipinski definition) is 2. The van der Waals surface area contributed by atoms with Crippen LogP contribution in [0.3, 0.4) is 0 Å². The summed E-state index contributed by atoms with van der Waals surface area (Å²) in [6.07, 6.45) is 5.36. The van der Waals surface area contributed by atoms with Crippen LogP contribution in [-0.2, 0) is 0 Å². The van der Waals surface area contributed by atoms with E-state index < -0.39 is 0 Å². The highest BCUT2D eigenvalue weighted by molar-refractivity contribution is 5.86. The molecule has 1 aromatic heterocycles. The largest absolute Gasteiger partial charge is 0.497 e. The SMILES string of the molecule is COc1ccc2c(C(CN)C3CCCC3)c(C)[nH]c2c1. The molecule has 1 aliphatic rings. The highest BCUT2D eigenvalue weighted by atomic mass is 16.5. The van der Waals surface area contributed by atoms with Gasteiger partial charge in [-0.2, -0.15) is 0 Å². The van der Waals surface area contributed by atoms with Crippen molar-refractivity contribution in [2.75, 3.05) is 13.7 Å². The lowest BCUT2D eigenvalue weighted by Gasteiger charge is -2.22. The van der Waals surface area contributed by atoms with Gasteiger partial charge in [-0.3, -0.25) is 0 Å². The van der Waals surface area contributed by atoms with Crippen molar-refractivity contribution in [3.05, 3.63) is 29.5 Å². The quantitative estimate of drug-likeness (QED) is 0.891. The Bertz CT molecular complexity index is 596. The Morgan fingerprint density at radius 1 is 1.35 bits per heavy atom. The van der Waals surface area contributed by atoms with E-state index in [-0.39, 0.29) is 0 Å². The molecule has 1 saturated carbocycles. The smallest absolute Gasteiger partial charge is 0.120 e. The van der Waals surface area contributed by atoms with Crippen LogP contribution in [0.4, 0.5) is 0 Å². The summed E-state index contributed by atoms with van der Waals surface area (Å²) in [4.78, 5) is 3.50. The first-order valence-electron chi connectivity index (χ1n) is 7.61. The Hall–Kier alpha value is -1.48. The molecule has 0 amide bonds. The number of nitrogens with two attached hydrogens (primary N) is 1. The maximum atomic E-state index is 6.12. The average Bonchev–Trinajstić information content (AvgIpc) is 3.08. The van der Waals surface area contributed by atoms with Gasteiger partial charge in [0.05, 0.1) is 7.11 Å². The fourth-order valence-electron chi connectivity index (χ4n) is 3.84. The molecule has 3 rings (SSSR count). The standard InChI is InChI=1S/C17H24N2O/c1-11-17(15(10-18)12-5-3-4-6-12)14-8-7-13(20-2)9-16(14)19-11/h7-9,12,15,19H,3-6,10,18H2,1-2H3. The van der Waals surface area contributed by atoms with E-state index in [1.54, 1.807) is 7.11 Å². The monoisotopic (exact) mass is 272 g/mol. The first kappa shape index (κ1) is 13.5. The number of H-pyrrole nitrogens is 1. The van der Waals surface area contributed by atoms with Crippen LogP contribution in [0, 0.1) is 12.8 Å². The molecule has 3 heteroatoms. The molecule has 0 aliphatic heterocycles. The Morgan fingerprint density at radius 2 is 2.10 bits per heavy atom. The summed E-state index contributed by atoms with van der Waals surface area (Å²) in [7, 11) is 1.71. The van der Waals surface area contributed by atoms with Gasteiger partial charge in [0, 0.05) is 28.6 Å². The Kier molecular flexibility index (Phi) is 3.70. The molecule has 0 saturated heterocycles. The molecule has 2 aromatic rings. The first-order chi connectivity index (χ1) is 9.74. The van der Waals surface area contributed by atoms with Crippen molar-refractivity contribution in [3.8, 4) is 5.75 Å². The van der Waals surface area contributed by atoms with Gasteiger partial charge >= 0.3 is 0 Å². The fourth-order valence-corrected chi connectivity index (χ4v) is 3.84. The maximum absolute atomic E-state index is 6.12. The van der Waals surface area contributed by atoms with Crippen LogP contribution in [0.5, 0.6) is 5.75 Å². The molecular formula is C17H24N2O. The molecule has 108 valence electrons. The van der Waals surface area contributed by atoms with Crippen LogP contribution >= 0.6 is 0 Å². The van der Waals surface area contributed by atoms with Crippen LogP contribution < -0.4 is 10.5 Å². The van der Waals surface area contributed by atoms with Gasteiger partial charge in [-0.15, -0.1) is 0 Å². The molecule has 1 atom stereocenters. The van der Waals surface area contributed by atoms with E-state index in [2.05, 4.69) is 24.0 Å². The van der Waals surface area contributed by atoms with Crippen LogP contribution in [0.15, 0.2) is 18.2 Å². The van der Waals surface area contributed by atoms with E-state index in [1.165, 1.54) is 42.3 Å². The third kappa shape index (κ3) is 2.20. The van der Waals surface area contributed by atoms with E-state index in [0.29, 0.717) is 5.92 Å². The molecule has 1 aliphatic carbocycles. The number of benzene rings is 1. The van der Waals surface area contributed by atoms with Gasteiger partial charge in [0.2, 0.25) is 0 Å². The van der Waals surface area contributed by atoms with E-state index in [0.717, 1.165) is 23.7 Å². The van der Waals surface area contributed by atoms with Gasteiger partial charge in [-0.05, 0) is 49.9 Å². The summed E-state index contributed by atoms with van der Waals surface area (Å²) >= 11 is 0. The van der Waals surface area contributed by atoms with Crippen LogP contribution in [0.25, 0.3) is 10.9 Å². The molecule has 20 heavy (non-hydrogen) atoms. The van der Waals surface area contributed by atoms with E-state index >= 15 is 0 Å². The number of hydrogen-bond acceptors (Lipinski definition) is 2. The number of fused-ring (bicyclic) bond motifs is 1. The molecule has 3 N–H and O–H groups in total. The zero-order valence-corrected chi connectivity index (χ0v) is 12.4. The molecule has 1 fully saturated rings. The van der Waals surface area contributed by atoms with Gasteiger partial charge in [0.25, 0.3) is 0 Å². The zero-order valence-electron chi connectivity index (χ0n) is 12.4. The fraction of sp³-hybridized carbons (Fsp3) is 0.529. The third-order valence-corrected chi connectivity index (χ3v) is 4.84. The summed E-state index contributed by atoms with van der Waals surface area (Å²) < 4.78 is 5.31. The number of aromatic amines is 1. The lowest BCUT2D eigenvalue weighted by molar-refractivity contribution is 0.415. The summed E-state index contributed by atoms with van der Waals surface area (Å²) in [6, 6.07) is 6.29. The second-order valence-corrected chi connectivity index (χ2v) is 5.96. The van der Waals surface area contributed by atoms with E-state index in [4.69, 9.17) is 10.5 Å². The van der Waals surface area contributed by atoms with Gasteiger partial charge in [-0.1, -0.05) is 12.8 Å². The second kappa shape index (κ2) is 5.49. The highest BCUT2D eigenvalue weighted by Crippen LogP contribution is 2.41. The average molecular weight is 272 g/mol. The Labute approximate surface area is 120 Å². The summed E-state index contributed by atoms with van der Waals surface area (Å²) in [5, 5.41) is 1.31. The minimum atomic E-state index is 0.486. The van der Waals surface area contributed by atoms with Gasteiger partial charge in [-0.25, -0.2) is 0 Å². The number of aryl methyl sites for hydroxylation is 1. The number of rotatable bonds is 4. The predicted molar refractivity (Wildman–Crippen MR) is 83.3 cm³/mol. The minimum Gasteiger partial charge on any atom is -0.497 e. The van der Waals surface area contributed by atoms with Crippen molar-refractivity contribution >= 4 is 10.9 Å². The number of aromatic nitrogens is 1. The van der Waals surface area contributed by atoms with Crippen molar-refractivity contribution in [2.24, 2.45) is 11.7 Å². The summed E-state index contributed by atoms with van der Waals surface area (Å²) in [6.45, 7) is 2.91. The van der Waals surface area contributed by atoms with Crippen molar-refractivity contribution in [3.63, 3.8) is 0 Å². The zero-order chi connectivity index (χ0) is 14.1. The molecule has 0 bridgehead atoms. The van der Waals surface area contributed by atoms with E-state index in [9.17, 15) is 0 Å².